The fourth-order valence-electron chi connectivity index (χ4n) is 3.22. The lowest BCUT2D eigenvalue weighted by Gasteiger charge is -2.21. The molecule has 1 aliphatic rings. The Bertz CT molecular complexity index is 714. The molecule has 1 atom stereocenters. The SMILES string of the molecule is CCOc1ccc(Cl)cc1CCNC(=O)[C@@H]1CCCc2[nH]ncc21. The molecule has 0 saturated carbocycles. The number of fused-ring (bicyclic) bond motifs is 1. The van der Waals surface area contributed by atoms with Crippen LogP contribution in [0.15, 0.2) is 24.4 Å². The highest BCUT2D eigenvalue weighted by Crippen LogP contribution is 2.30. The maximum atomic E-state index is 12.5. The molecule has 1 aromatic heterocycles. The quantitative estimate of drug-likeness (QED) is 0.843. The fourth-order valence-corrected chi connectivity index (χ4v) is 3.41. The summed E-state index contributed by atoms with van der Waals surface area (Å²) in [5.74, 6) is 0.793. The van der Waals surface area contributed by atoms with Crippen molar-refractivity contribution in [2.24, 2.45) is 0 Å². The zero-order chi connectivity index (χ0) is 16.9. The Kier molecular flexibility index (Phi) is 5.41. The Morgan fingerprint density at radius 2 is 2.38 bits per heavy atom. The molecule has 0 saturated heterocycles. The monoisotopic (exact) mass is 347 g/mol. The van der Waals surface area contributed by atoms with Crippen LogP contribution in [0.1, 0.15) is 42.5 Å². The molecule has 0 spiro atoms. The van der Waals surface area contributed by atoms with Crippen LogP contribution in [0.2, 0.25) is 5.02 Å². The molecule has 1 heterocycles. The number of hydrogen-bond donors (Lipinski definition) is 2. The molecule has 1 amide bonds. The van der Waals surface area contributed by atoms with E-state index in [0.717, 1.165) is 41.8 Å². The van der Waals surface area contributed by atoms with E-state index in [1.807, 2.05) is 25.1 Å². The number of carbonyl (C=O) groups excluding carboxylic acids is 1. The average molecular weight is 348 g/mol. The fraction of sp³-hybridized carbons (Fsp3) is 0.444. The highest BCUT2D eigenvalue weighted by molar-refractivity contribution is 6.30. The first-order valence-corrected chi connectivity index (χ1v) is 8.78. The van der Waals surface area contributed by atoms with Gasteiger partial charge in [-0.2, -0.15) is 5.10 Å². The molecule has 6 heteroatoms. The van der Waals surface area contributed by atoms with E-state index in [2.05, 4.69) is 15.5 Å². The molecule has 24 heavy (non-hydrogen) atoms. The van der Waals surface area contributed by atoms with Crippen molar-refractivity contribution < 1.29 is 9.53 Å². The zero-order valence-corrected chi connectivity index (χ0v) is 14.5. The number of hydrogen-bond acceptors (Lipinski definition) is 3. The number of aryl methyl sites for hydroxylation is 1. The Balaban J connectivity index is 1.59. The van der Waals surface area contributed by atoms with E-state index in [4.69, 9.17) is 16.3 Å². The van der Waals surface area contributed by atoms with E-state index < -0.39 is 0 Å². The number of aromatic amines is 1. The topological polar surface area (TPSA) is 67.0 Å². The molecule has 0 unspecified atom stereocenters. The van der Waals surface area contributed by atoms with Crippen molar-refractivity contribution in [3.63, 3.8) is 0 Å². The van der Waals surface area contributed by atoms with Gasteiger partial charge in [-0.3, -0.25) is 9.89 Å². The Morgan fingerprint density at radius 1 is 1.50 bits per heavy atom. The summed E-state index contributed by atoms with van der Waals surface area (Å²) in [6.45, 7) is 3.11. The molecular formula is C18H22ClN3O2. The molecule has 128 valence electrons. The van der Waals surface area contributed by atoms with Crippen LogP contribution in [0, 0.1) is 0 Å². The summed E-state index contributed by atoms with van der Waals surface area (Å²) in [7, 11) is 0. The van der Waals surface area contributed by atoms with E-state index in [1.165, 1.54) is 0 Å². The van der Waals surface area contributed by atoms with Crippen LogP contribution in [0.25, 0.3) is 0 Å². The normalized spacial score (nSPS) is 16.5. The van der Waals surface area contributed by atoms with Crippen LogP contribution < -0.4 is 10.1 Å². The van der Waals surface area contributed by atoms with E-state index in [0.29, 0.717) is 24.6 Å². The number of carbonyl (C=O) groups is 1. The molecular weight excluding hydrogens is 326 g/mol. The third-order valence-corrected chi connectivity index (χ3v) is 4.61. The number of nitrogens with zero attached hydrogens (tertiary/aromatic N) is 1. The van der Waals surface area contributed by atoms with Crippen molar-refractivity contribution in [3.05, 3.63) is 46.2 Å². The van der Waals surface area contributed by atoms with E-state index in [1.54, 1.807) is 6.20 Å². The molecule has 3 rings (SSSR count). The molecule has 1 aliphatic carbocycles. The lowest BCUT2D eigenvalue weighted by atomic mass is 9.86. The van der Waals surface area contributed by atoms with Crippen LogP contribution in [0.4, 0.5) is 0 Å². The summed E-state index contributed by atoms with van der Waals surface area (Å²) in [5, 5.41) is 10.8. The number of benzene rings is 1. The molecule has 2 aromatic rings. The molecule has 0 fully saturated rings. The number of H-pyrrole nitrogens is 1. The van der Waals surface area contributed by atoms with Gasteiger partial charge in [0.05, 0.1) is 18.7 Å². The Hall–Kier alpha value is -2.01. The van der Waals surface area contributed by atoms with Gasteiger partial charge >= 0.3 is 0 Å². The van der Waals surface area contributed by atoms with E-state index >= 15 is 0 Å². The third-order valence-electron chi connectivity index (χ3n) is 4.38. The van der Waals surface area contributed by atoms with Gasteiger partial charge in [0.1, 0.15) is 5.75 Å². The lowest BCUT2D eigenvalue weighted by Crippen LogP contribution is -2.32. The average Bonchev–Trinajstić information content (AvgIpc) is 3.05. The van der Waals surface area contributed by atoms with Gasteiger partial charge in [0.2, 0.25) is 5.91 Å². The van der Waals surface area contributed by atoms with Crippen LogP contribution in [0.3, 0.4) is 0 Å². The number of halogens is 1. The first-order chi connectivity index (χ1) is 11.7. The molecule has 1 aromatic carbocycles. The number of amides is 1. The second kappa shape index (κ2) is 7.71. The van der Waals surface area contributed by atoms with Crippen molar-refractivity contribution in [2.75, 3.05) is 13.2 Å². The van der Waals surface area contributed by atoms with Crippen molar-refractivity contribution in [1.82, 2.24) is 15.5 Å². The van der Waals surface area contributed by atoms with Gasteiger partial charge in [-0.25, -0.2) is 0 Å². The molecule has 2 N–H and O–H groups in total. The number of nitrogens with one attached hydrogen (secondary N) is 2. The van der Waals surface area contributed by atoms with Crippen molar-refractivity contribution in [3.8, 4) is 5.75 Å². The Morgan fingerprint density at radius 3 is 3.21 bits per heavy atom. The summed E-state index contributed by atoms with van der Waals surface area (Å²) in [6.07, 6.45) is 5.32. The van der Waals surface area contributed by atoms with Crippen molar-refractivity contribution in [1.29, 1.82) is 0 Å². The summed E-state index contributed by atoms with van der Waals surface area (Å²) >= 11 is 6.07. The molecule has 0 bridgehead atoms. The molecule has 0 radical (unpaired) electrons. The van der Waals surface area contributed by atoms with Gasteiger partial charge in [0.25, 0.3) is 0 Å². The first-order valence-electron chi connectivity index (χ1n) is 8.40. The predicted octanol–water partition coefficient (Wildman–Crippen LogP) is 3.24. The second-order valence-electron chi connectivity index (χ2n) is 5.97. The van der Waals surface area contributed by atoms with Crippen LogP contribution >= 0.6 is 11.6 Å². The first kappa shape index (κ1) is 16.8. The Labute approximate surface area is 146 Å². The summed E-state index contributed by atoms with van der Waals surface area (Å²) in [4.78, 5) is 12.5. The molecule has 0 aliphatic heterocycles. The summed E-state index contributed by atoms with van der Waals surface area (Å²) in [6, 6.07) is 5.59. The summed E-state index contributed by atoms with van der Waals surface area (Å²) < 4.78 is 5.62. The maximum Gasteiger partial charge on any atom is 0.227 e. The predicted molar refractivity (Wildman–Crippen MR) is 93.6 cm³/mol. The van der Waals surface area contributed by atoms with Gasteiger partial charge in [0.15, 0.2) is 0 Å². The largest absolute Gasteiger partial charge is 0.494 e. The smallest absolute Gasteiger partial charge is 0.227 e. The van der Waals surface area contributed by atoms with E-state index in [9.17, 15) is 4.79 Å². The van der Waals surface area contributed by atoms with Gasteiger partial charge in [-0.05, 0) is 56.4 Å². The minimum Gasteiger partial charge on any atom is -0.494 e. The third kappa shape index (κ3) is 3.73. The second-order valence-corrected chi connectivity index (χ2v) is 6.41. The van der Waals surface area contributed by atoms with E-state index in [-0.39, 0.29) is 11.8 Å². The zero-order valence-electron chi connectivity index (χ0n) is 13.8. The summed E-state index contributed by atoms with van der Waals surface area (Å²) in [5.41, 5.74) is 3.14. The minimum absolute atomic E-state index is 0.0670. The maximum absolute atomic E-state index is 12.5. The highest BCUT2D eigenvalue weighted by atomic mass is 35.5. The molecule has 5 nitrogen and oxygen atoms in total. The van der Waals surface area contributed by atoms with Gasteiger partial charge in [-0.15, -0.1) is 0 Å². The van der Waals surface area contributed by atoms with Crippen molar-refractivity contribution in [2.45, 2.75) is 38.5 Å². The van der Waals surface area contributed by atoms with Crippen molar-refractivity contribution >= 4 is 17.5 Å². The van der Waals surface area contributed by atoms with Gasteiger partial charge in [-0.1, -0.05) is 11.6 Å². The van der Waals surface area contributed by atoms with Gasteiger partial charge < -0.3 is 10.1 Å². The number of ether oxygens (including phenoxy) is 1. The lowest BCUT2D eigenvalue weighted by molar-refractivity contribution is -0.122. The number of rotatable bonds is 6. The van der Waals surface area contributed by atoms with Crippen LogP contribution in [-0.2, 0) is 17.6 Å². The minimum atomic E-state index is -0.0989. The highest BCUT2D eigenvalue weighted by Gasteiger charge is 2.27. The standard InChI is InChI=1S/C18H22ClN3O2/c1-2-24-17-7-6-13(19)10-12(17)8-9-20-18(23)14-4-3-5-16-15(14)11-21-22-16/h6-7,10-11,14H,2-5,8-9H2,1H3,(H,20,23)(H,21,22)/t14-/m1/s1. The van der Waals surface area contributed by atoms with Crippen LogP contribution in [-0.4, -0.2) is 29.3 Å². The number of aromatic nitrogens is 2. The van der Waals surface area contributed by atoms with Crippen LogP contribution in [0.5, 0.6) is 5.75 Å². The van der Waals surface area contributed by atoms with Gasteiger partial charge in [0, 0.05) is 22.8 Å².